The number of aromatic nitrogens is 4. The molecule has 0 saturated carbocycles. The Hall–Kier alpha value is -3.67. The second-order valence-electron chi connectivity index (χ2n) is 8.95. The number of nitrogens with zero attached hydrogens (tertiary/aromatic N) is 4. The van der Waals surface area contributed by atoms with E-state index in [2.05, 4.69) is 15.3 Å². The molecule has 0 saturated heterocycles. The van der Waals surface area contributed by atoms with Crippen LogP contribution < -0.4 is 13.7 Å². The first-order valence-corrected chi connectivity index (χ1v) is 14.0. The van der Waals surface area contributed by atoms with E-state index >= 15 is 0 Å². The number of hydrogen-bond donors (Lipinski definition) is 2. The normalized spacial score (nSPS) is 11.6. The van der Waals surface area contributed by atoms with Crippen LogP contribution in [0.4, 0.5) is 5.69 Å². The van der Waals surface area contributed by atoms with Gasteiger partial charge in [-0.2, -0.15) is 0 Å². The summed E-state index contributed by atoms with van der Waals surface area (Å²) in [5.74, 6) is -0.789. The molecule has 0 aliphatic rings. The summed E-state index contributed by atoms with van der Waals surface area (Å²) in [6, 6.07) is 13.4. The Labute approximate surface area is 235 Å². The first kappa shape index (κ1) is 28.3. The van der Waals surface area contributed by atoms with Gasteiger partial charge in [-0.3, -0.25) is 4.31 Å². The molecule has 2 heterocycles. The number of halogens is 2. The smallest absolute Gasteiger partial charge is 0.335 e. The number of sulfonamides is 1. The zero-order valence-corrected chi connectivity index (χ0v) is 23.8. The molecule has 0 fully saturated rings. The minimum atomic E-state index is -3.96. The predicted octanol–water partition coefficient (Wildman–Crippen LogP) is 4.92. The number of carboxylic acids is 1. The van der Waals surface area contributed by atoms with Crippen LogP contribution in [0.3, 0.4) is 0 Å². The number of H-pyrrole nitrogens is 1. The molecule has 10 nitrogen and oxygen atoms in total. The molecular formula is C26H26Cl2N5O5S+. The Morgan fingerprint density at radius 3 is 2.31 bits per heavy atom. The quantitative estimate of drug-likeness (QED) is 0.264. The number of nitrogens with one attached hydrogen (secondary N) is 1. The van der Waals surface area contributed by atoms with Crippen molar-refractivity contribution in [3.05, 3.63) is 87.3 Å². The van der Waals surface area contributed by atoms with Crippen molar-refractivity contribution in [2.45, 2.75) is 38.2 Å². The molecule has 204 valence electrons. The third kappa shape index (κ3) is 5.70. The molecule has 0 amide bonds. The van der Waals surface area contributed by atoms with Crippen LogP contribution in [0.2, 0.25) is 10.0 Å². The second kappa shape index (κ2) is 11.2. The molecule has 0 aliphatic carbocycles. The van der Waals surface area contributed by atoms with E-state index in [1.54, 1.807) is 41.9 Å². The van der Waals surface area contributed by atoms with Crippen molar-refractivity contribution in [3.8, 4) is 11.6 Å². The Balaban J connectivity index is 1.59. The summed E-state index contributed by atoms with van der Waals surface area (Å²) < 4.78 is 35.1. The average molecular weight is 591 g/mol. The minimum absolute atomic E-state index is 0.00711. The largest absolute Gasteiger partial charge is 0.478 e. The highest BCUT2D eigenvalue weighted by atomic mass is 35.5. The number of carboxylic acid groups (broad SMARTS) is 1. The number of anilines is 1. The summed E-state index contributed by atoms with van der Waals surface area (Å²) in [5, 5.41) is 17.3. The number of aryl methyl sites for hydroxylation is 1. The van der Waals surface area contributed by atoms with Crippen LogP contribution in [-0.2, 0) is 16.6 Å². The highest BCUT2D eigenvalue weighted by molar-refractivity contribution is 7.92. The molecule has 2 N–H and O–H groups in total. The van der Waals surface area contributed by atoms with Crippen molar-refractivity contribution in [3.63, 3.8) is 0 Å². The maximum absolute atomic E-state index is 13.1. The van der Waals surface area contributed by atoms with Crippen molar-refractivity contribution < 1.29 is 27.7 Å². The molecule has 0 bridgehead atoms. The lowest BCUT2D eigenvalue weighted by Crippen LogP contribution is -2.38. The number of pyridine rings is 1. The topological polar surface area (TPSA) is 129 Å². The molecule has 4 aromatic rings. The van der Waals surface area contributed by atoms with Gasteiger partial charge in [-0.25, -0.2) is 18.2 Å². The molecule has 0 atom stereocenters. The number of benzene rings is 2. The minimum Gasteiger partial charge on any atom is -0.478 e. The lowest BCUT2D eigenvalue weighted by atomic mass is 10.1. The Morgan fingerprint density at radius 1 is 1.10 bits per heavy atom. The van der Waals surface area contributed by atoms with Gasteiger partial charge in [0.1, 0.15) is 0 Å². The summed E-state index contributed by atoms with van der Waals surface area (Å²) in [6.07, 6.45) is 0. The van der Waals surface area contributed by atoms with Gasteiger partial charge in [0, 0.05) is 24.1 Å². The molecular weight excluding hydrogens is 565 g/mol. The lowest BCUT2D eigenvalue weighted by Gasteiger charge is -2.21. The van der Waals surface area contributed by atoms with Crippen molar-refractivity contribution in [1.82, 2.24) is 15.3 Å². The van der Waals surface area contributed by atoms with Gasteiger partial charge in [-0.15, -0.1) is 4.68 Å². The highest BCUT2D eigenvalue weighted by Gasteiger charge is 2.29. The van der Waals surface area contributed by atoms with Gasteiger partial charge < -0.3 is 9.84 Å². The van der Waals surface area contributed by atoms with E-state index in [4.69, 9.17) is 33.0 Å². The average Bonchev–Trinajstić information content (AvgIpc) is 3.31. The molecule has 39 heavy (non-hydrogen) atoms. The van der Waals surface area contributed by atoms with E-state index in [-0.39, 0.29) is 28.9 Å². The number of para-hydroxylation sites is 1. The first-order chi connectivity index (χ1) is 18.4. The highest BCUT2D eigenvalue weighted by Crippen LogP contribution is 2.28. The van der Waals surface area contributed by atoms with Crippen LogP contribution in [0.1, 0.15) is 47.2 Å². The van der Waals surface area contributed by atoms with Gasteiger partial charge in [0.25, 0.3) is 10.0 Å². The van der Waals surface area contributed by atoms with Crippen molar-refractivity contribution in [2.75, 3.05) is 11.4 Å². The lowest BCUT2D eigenvalue weighted by molar-refractivity contribution is -0.668. The van der Waals surface area contributed by atoms with Crippen molar-refractivity contribution in [1.29, 1.82) is 0 Å². The molecule has 2 aromatic heterocycles. The number of aromatic amines is 1. The van der Waals surface area contributed by atoms with Crippen LogP contribution >= 0.6 is 23.2 Å². The summed E-state index contributed by atoms with van der Waals surface area (Å²) in [5.41, 5.74) is 2.76. The molecule has 0 radical (unpaired) electrons. The van der Waals surface area contributed by atoms with Crippen molar-refractivity contribution >= 4 is 44.9 Å². The van der Waals surface area contributed by atoms with E-state index in [1.165, 1.54) is 31.3 Å². The zero-order valence-electron chi connectivity index (χ0n) is 21.5. The molecule has 4 rings (SSSR count). The van der Waals surface area contributed by atoms with Gasteiger partial charge in [-0.1, -0.05) is 48.3 Å². The Morgan fingerprint density at radius 2 is 1.74 bits per heavy atom. The summed E-state index contributed by atoms with van der Waals surface area (Å²) in [6.45, 7) is 5.76. The summed E-state index contributed by atoms with van der Waals surface area (Å²) >= 11 is 12.9. The van der Waals surface area contributed by atoms with E-state index < -0.39 is 16.0 Å². The van der Waals surface area contributed by atoms with E-state index in [9.17, 15) is 13.2 Å². The molecule has 0 aliphatic heterocycles. The zero-order chi connectivity index (χ0) is 28.5. The monoisotopic (exact) mass is 590 g/mol. The number of carbonyl (C=O) groups is 1. The summed E-state index contributed by atoms with van der Waals surface area (Å²) in [7, 11) is -2.55. The molecule has 2 aromatic carbocycles. The third-order valence-electron chi connectivity index (χ3n) is 6.03. The van der Waals surface area contributed by atoms with Crippen LogP contribution in [0.15, 0.2) is 59.5 Å². The number of rotatable bonds is 9. The number of aromatic carboxylic acids is 1. The van der Waals surface area contributed by atoms with Gasteiger partial charge >= 0.3 is 5.97 Å². The van der Waals surface area contributed by atoms with Gasteiger partial charge in [0.2, 0.25) is 17.3 Å². The Bertz CT molecular complexity index is 1620. The van der Waals surface area contributed by atoms with E-state index in [0.717, 1.165) is 10.00 Å². The third-order valence-corrected chi connectivity index (χ3v) is 8.43. The number of ether oxygens (including phenoxy) is 1. The van der Waals surface area contributed by atoms with Gasteiger partial charge in [0.15, 0.2) is 12.3 Å². The second-order valence-corrected chi connectivity index (χ2v) is 11.7. The fraction of sp³-hybridized carbons (Fsp3) is 0.231. The van der Waals surface area contributed by atoms with Crippen LogP contribution in [-0.4, -0.2) is 41.8 Å². The van der Waals surface area contributed by atoms with Gasteiger partial charge in [0.05, 0.1) is 31.9 Å². The first-order valence-electron chi connectivity index (χ1n) is 11.8. The maximum Gasteiger partial charge on any atom is 0.335 e. The predicted molar refractivity (Wildman–Crippen MR) is 147 cm³/mol. The van der Waals surface area contributed by atoms with Crippen LogP contribution in [0.25, 0.3) is 5.69 Å². The molecule has 0 spiro atoms. The standard InChI is InChI=1S/C26H25Cl2N5O5S/c1-15(2)24-22(33(31-30-24)25-19(27)6-5-7-20(25)28)14-38-23-13-12-21(16(3)29-23)32(4)39(36,37)18-10-8-17(9-11-18)26(34)35/h5-13,15H,14H2,1-4H3,(H,34,35)/p+1. The number of hydrogen-bond acceptors (Lipinski definition) is 6. The summed E-state index contributed by atoms with van der Waals surface area (Å²) in [4.78, 5) is 15.5. The van der Waals surface area contributed by atoms with Crippen LogP contribution in [0.5, 0.6) is 5.88 Å². The SMILES string of the molecule is Cc1nc(OCc2c(C(C)C)n[nH][n+]2-c2c(Cl)cccc2Cl)ccc1N(C)S(=O)(=O)c1ccc(C(=O)O)cc1. The Kier molecular flexibility index (Phi) is 8.15. The molecule has 0 unspecified atom stereocenters. The fourth-order valence-corrected chi connectivity index (χ4v) is 5.79. The fourth-order valence-electron chi connectivity index (χ4n) is 3.97. The van der Waals surface area contributed by atoms with Crippen LogP contribution in [0, 0.1) is 6.92 Å². The van der Waals surface area contributed by atoms with Gasteiger partial charge in [-0.05, 0) is 49.4 Å². The van der Waals surface area contributed by atoms with Crippen molar-refractivity contribution in [2.24, 2.45) is 0 Å². The van der Waals surface area contributed by atoms with E-state index in [0.29, 0.717) is 32.8 Å². The maximum atomic E-state index is 13.1. The van der Waals surface area contributed by atoms with E-state index in [1.807, 2.05) is 13.8 Å². The molecule has 13 heteroatoms.